The van der Waals surface area contributed by atoms with Gasteiger partial charge in [0.2, 0.25) is 0 Å². The molecule has 3 N–H and O–H groups in total. The molecule has 94 valence electrons. The molecule has 0 atom stereocenters. The number of benzene rings is 1. The third-order valence-electron chi connectivity index (χ3n) is 2.51. The Hall–Kier alpha value is -2.01. The smallest absolute Gasteiger partial charge is 0.269 e. The van der Waals surface area contributed by atoms with Crippen LogP contribution in [0, 0.1) is 6.92 Å². The van der Waals surface area contributed by atoms with Crippen LogP contribution >= 0.6 is 11.3 Å². The van der Waals surface area contributed by atoms with Gasteiger partial charge in [0.25, 0.3) is 5.91 Å². The second-order valence-corrected chi connectivity index (χ2v) is 4.78. The van der Waals surface area contributed by atoms with Crippen molar-refractivity contribution in [2.75, 3.05) is 18.2 Å². The maximum Gasteiger partial charge on any atom is 0.269 e. The average molecular weight is 262 g/mol. The topological polar surface area (TPSA) is 64.3 Å². The summed E-state index contributed by atoms with van der Waals surface area (Å²) in [5.41, 5.74) is 8.07. The summed E-state index contributed by atoms with van der Waals surface area (Å²) in [6, 6.07) is 7.28. The molecule has 0 saturated carbocycles. The lowest BCUT2D eigenvalue weighted by Gasteiger charge is -2.08. The van der Waals surface area contributed by atoms with Gasteiger partial charge in [-0.2, -0.15) is 0 Å². The maximum atomic E-state index is 12.1. The predicted molar refractivity (Wildman–Crippen MR) is 74.4 cm³/mol. The first-order valence-electron chi connectivity index (χ1n) is 5.41. The van der Waals surface area contributed by atoms with Gasteiger partial charge in [-0.15, -0.1) is 11.3 Å². The number of nitrogens with two attached hydrogens (primary N) is 1. The molecule has 2 aromatic rings. The summed E-state index contributed by atoms with van der Waals surface area (Å²) >= 11 is 1.33. The van der Waals surface area contributed by atoms with E-state index in [0.717, 1.165) is 5.56 Å². The summed E-state index contributed by atoms with van der Waals surface area (Å²) in [7, 11) is 1.54. The van der Waals surface area contributed by atoms with E-state index in [1.165, 1.54) is 11.3 Å². The molecule has 0 aliphatic rings. The number of carbonyl (C=O) groups is 1. The summed E-state index contributed by atoms with van der Waals surface area (Å²) in [6.45, 7) is 1.95. The third-order valence-corrected chi connectivity index (χ3v) is 3.40. The van der Waals surface area contributed by atoms with Crippen LogP contribution in [0.3, 0.4) is 0 Å². The minimum atomic E-state index is -0.211. The van der Waals surface area contributed by atoms with Gasteiger partial charge in [0.05, 0.1) is 18.5 Å². The fourth-order valence-corrected chi connectivity index (χ4v) is 2.35. The van der Waals surface area contributed by atoms with Crippen LogP contribution in [0.15, 0.2) is 29.6 Å². The zero-order valence-corrected chi connectivity index (χ0v) is 11.0. The molecule has 1 heterocycles. The van der Waals surface area contributed by atoms with Gasteiger partial charge < -0.3 is 15.8 Å². The van der Waals surface area contributed by atoms with Crippen molar-refractivity contribution >= 4 is 28.6 Å². The minimum absolute atomic E-state index is 0.211. The summed E-state index contributed by atoms with van der Waals surface area (Å²) < 4.78 is 5.11. The highest BCUT2D eigenvalue weighted by Gasteiger charge is 2.14. The quantitative estimate of drug-likeness (QED) is 0.836. The Morgan fingerprint density at radius 3 is 2.83 bits per heavy atom. The molecule has 18 heavy (non-hydrogen) atoms. The number of methoxy groups -OCH3 is 1. The van der Waals surface area contributed by atoms with Crippen molar-refractivity contribution < 1.29 is 9.53 Å². The number of hydrogen-bond donors (Lipinski definition) is 2. The lowest BCUT2D eigenvalue weighted by atomic mass is 10.2. The van der Waals surface area contributed by atoms with Crippen LogP contribution < -0.4 is 15.8 Å². The van der Waals surface area contributed by atoms with Crippen molar-refractivity contribution in [1.82, 2.24) is 0 Å². The van der Waals surface area contributed by atoms with Crippen LogP contribution in [0.2, 0.25) is 0 Å². The second kappa shape index (κ2) is 5.10. The van der Waals surface area contributed by atoms with E-state index in [0.29, 0.717) is 22.0 Å². The van der Waals surface area contributed by atoms with Crippen LogP contribution in [0.1, 0.15) is 15.2 Å². The van der Waals surface area contributed by atoms with E-state index < -0.39 is 0 Å². The predicted octanol–water partition coefficient (Wildman–Crippen LogP) is 2.90. The Morgan fingerprint density at radius 1 is 1.39 bits per heavy atom. The minimum Gasteiger partial charge on any atom is -0.495 e. The van der Waals surface area contributed by atoms with E-state index in [9.17, 15) is 4.79 Å². The van der Waals surface area contributed by atoms with Crippen molar-refractivity contribution in [1.29, 1.82) is 0 Å². The fraction of sp³-hybridized carbons (Fsp3) is 0.154. The van der Waals surface area contributed by atoms with Gasteiger partial charge in [0.1, 0.15) is 10.6 Å². The van der Waals surface area contributed by atoms with Crippen LogP contribution in [0.5, 0.6) is 5.75 Å². The number of anilines is 2. The van der Waals surface area contributed by atoms with E-state index in [1.807, 2.05) is 24.4 Å². The highest BCUT2D eigenvalue weighted by atomic mass is 32.1. The van der Waals surface area contributed by atoms with Gasteiger partial charge >= 0.3 is 0 Å². The van der Waals surface area contributed by atoms with Gasteiger partial charge in [-0.3, -0.25) is 4.79 Å². The van der Waals surface area contributed by atoms with E-state index >= 15 is 0 Å². The second-order valence-electron chi connectivity index (χ2n) is 3.86. The number of hydrogen-bond acceptors (Lipinski definition) is 4. The first-order chi connectivity index (χ1) is 8.61. The van der Waals surface area contributed by atoms with Crippen LogP contribution in [0.25, 0.3) is 0 Å². The van der Waals surface area contributed by atoms with Crippen LogP contribution in [-0.4, -0.2) is 13.0 Å². The van der Waals surface area contributed by atoms with Gasteiger partial charge in [-0.05, 0) is 36.1 Å². The number of carbonyl (C=O) groups excluding carboxylic acids is 1. The molecule has 0 unspecified atom stereocenters. The largest absolute Gasteiger partial charge is 0.495 e. The molecule has 0 saturated heterocycles. The first kappa shape index (κ1) is 12.4. The summed E-state index contributed by atoms with van der Waals surface area (Å²) in [5.74, 6) is 0.362. The number of amides is 1. The van der Waals surface area contributed by atoms with Crippen LogP contribution in [-0.2, 0) is 0 Å². The van der Waals surface area contributed by atoms with Crippen molar-refractivity contribution in [3.8, 4) is 5.75 Å². The molecule has 1 aromatic carbocycles. The zero-order chi connectivity index (χ0) is 13.1. The van der Waals surface area contributed by atoms with E-state index in [-0.39, 0.29) is 5.91 Å². The van der Waals surface area contributed by atoms with Crippen molar-refractivity contribution in [2.24, 2.45) is 0 Å². The standard InChI is InChI=1S/C13H14N2O2S/c1-8-3-4-10(9(14)7-8)15-13(16)12-11(17-2)5-6-18-12/h3-7H,14H2,1-2H3,(H,15,16). The third kappa shape index (κ3) is 2.46. The monoisotopic (exact) mass is 262 g/mol. The molecule has 1 aromatic heterocycles. The van der Waals surface area contributed by atoms with Crippen molar-refractivity contribution in [2.45, 2.75) is 6.92 Å². The van der Waals surface area contributed by atoms with Gasteiger partial charge in [0, 0.05) is 0 Å². The van der Waals surface area contributed by atoms with E-state index in [2.05, 4.69) is 5.32 Å². The lowest BCUT2D eigenvalue weighted by Crippen LogP contribution is -2.12. The number of ether oxygens (including phenoxy) is 1. The number of nitrogen functional groups attached to an aromatic ring is 1. The molecule has 4 nitrogen and oxygen atoms in total. The molecule has 0 aliphatic carbocycles. The summed E-state index contributed by atoms with van der Waals surface area (Å²) in [4.78, 5) is 12.6. The number of aryl methyl sites for hydroxylation is 1. The number of rotatable bonds is 3. The highest BCUT2D eigenvalue weighted by molar-refractivity contribution is 7.12. The van der Waals surface area contributed by atoms with Gasteiger partial charge in [0.15, 0.2) is 0 Å². The number of nitrogens with one attached hydrogen (secondary N) is 1. The van der Waals surface area contributed by atoms with E-state index in [1.54, 1.807) is 19.2 Å². The SMILES string of the molecule is COc1ccsc1C(=O)Nc1ccc(C)cc1N. The molecule has 0 bridgehead atoms. The molecule has 0 fully saturated rings. The molecule has 5 heteroatoms. The average Bonchev–Trinajstić information content (AvgIpc) is 2.81. The highest BCUT2D eigenvalue weighted by Crippen LogP contribution is 2.27. The van der Waals surface area contributed by atoms with Crippen LogP contribution in [0.4, 0.5) is 11.4 Å². The number of thiophene rings is 1. The summed E-state index contributed by atoms with van der Waals surface area (Å²) in [5, 5.41) is 4.59. The molecular formula is C13H14N2O2S. The Kier molecular flexibility index (Phi) is 3.53. The molecular weight excluding hydrogens is 248 g/mol. The summed E-state index contributed by atoms with van der Waals surface area (Å²) in [6.07, 6.45) is 0. The van der Waals surface area contributed by atoms with Crippen molar-refractivity contribution in [3.63, 3.8) is 0 Å². The van der Waals surface area contributed by atoms with E-state index in [4.69, 9.17) is 10.5 Å². The molecule has 0 spiro atoms. The van der Waals surface area contributed by atoms with Gasteiger partial charge in [-0.25, -0.2) is 0 Å². The van der Waals surface area contributed by atoms with Gasteiger partial charge in [-0.1, -0.05) is 6.07 Å². The molecule has 2 rings (SSSR count). The Morgan fingerprint density at radius 2 is 2.17 bits per heavy atom. The Balaban J connectivity index is 2.21. The molecule has 0 aliphatic heterocycles. The maximum absolute atomic E-state index is 12.1. The Labute approximate surface area is 109 Å². The molecule has 1 amide bonds. The Bertz CT molecular complexity index is 578. The molecule has 0 radical (unpaired) electrons. The zero-order valence-electron chi connectivity index (χ0n) is 10.2. The first-order valence-corrected chi connectivity index (χ1v) is 6.28. The van der Waals surface area contributed by atoms with Crippen molar-refractivity contribution in [3.05, 3.63) is 40.1 Å². The fourth-order valence-electron chi connectivity index (χ4n) is 1.60. The lowest BCUT2D eigenvalue weighted by molar-refractivity contribution is 0.102. The normalized spacial score (nSPS) is 10.1.